The van der Waals surface area contributed by atoms with E-state index in [-0.39, 0.29) is 15.0 Å². The summed E-state index contributed by atoms with van der Waals surface area (Å²) in [5.41, 5.74) is -0.677. The Kier molecular flexibility index (Phi) is 4.71. The number of aryl methyl sites for hydroxylation is 1. The molecule has 25 heavy (non-hydrogen) atoms. The van der Waals surface area contributed by atoms with Gasteiger partial charge in [0.25, 0.3) is 5.91 Å². The number of carbonyl (C=O) groups is 1. The van der Waals surface area contributed by atoms with E-state index >= 15 is 0 Å². The number of thiazole rings is 1. The summed E-state index contributed by atoms with van der Waals surface area (Å²) in [6, 6.07) is 4.90. The number of carbonyl (C=O) groups excluding carboxylic acids is 1. The molecule has 0 aliphatic heterocycles. The summed E-state index contributed by atoms with van der Waals surface area (Å²) < 4.78 is 56.7. The molecule has 0 saturated heterocycles. The molecule has 0 atom stereocenters. The zero-order chi connectivity index (χ0) is 18.1. The lowest BCUT2D eigenvalue weighted by atomic mass is 10.2. The Morgan fingerprint density at radius 2 is 1.80 bits per heavy atom. The highest BCUT2D eigenvalue weighted by Gasteiger charge is 2.18. The lowest BCUT2D eigenvalue weighted by Crippen LogP contribution is -2.18. The highest BCUT2D eigenvalue weighted by atomic mass is 32.1. The first-order chi connectivity index (χ1) is 11.9. The molecule has 1 amide bonds. The molecule has 0 radical (unpaired) electrons. The van der Waals surface area contributed by atoms with Gasteiger partial charge in [-0.15, -0.1) is 0 Å². The standard InChI is InChI=1S/C17H12F4N2OS/c1-2-6-23-15-12(21)7-9(18)8-13(15)25-17(23)22-16(24)14-10(19)4-3-5-11(14)20/h3-5,7-8H,2,6H2,1H3. The van der Waals surface area contributed by atoms with Crippen molar-refractivity contribution in [3.63, 3.8) is 0 Å². The van der Waals surface area contributed by atoms with Crippen LogP contribution in [0.3, 0.4) is 0 Å². The van der Waals surface area contributed by atoms with Crippen LogP contribution in [0.4, 0.5) is 17.6 Å². The molecule has 3 nitrogen and oxygen atoms in total. The number of nitrogens with zero attached hydrogens (tertiary/aromatic N) is 2. The number of aromatic nitrogens is 1. The molecular formula is C17H12F4N2OS. The molecule has 3 rings (SSSR count). The van der Waals surface area contributed by atoms with Crippen molar-refractivity contribution in [2.24, 2.45) is 4.99 Å². The number of amides is 1. The molecule has 3 aromatic rings. The van der Waals surface area contributed by atoms with Crippen LogP contribution in [0.5, 0.6) is 0 Å². The summed E-state index contributed by atoms with van der Waals surface area (Å²) in [5, 5.41) is 0. The van der Waals surface area contributed by atoms with Crippen LogP contribution in [0.2, 0.25) is 0 Å². The smallest absolute Gasteiger partial charge is 0.285 e. The average Bonchev–Trinajstić information content (AvgIpc) is 2.85. The van der Waals surface area contributed by atoms with E-state index in [0.717, 1.165) is 41.7 Å². The molecule has 0 saturated carbocycles. The monoisotopic (exact) mass is 368 g/mol. The molecule has 1 heterocycles. The number of halogens is 4. The minimum atomic E-state index is -1.12. The van der Waals surface area contributed by atoms with Gasteiger partial charge >= 0.3 is 0 Å². The van der Waals surface area contributed by atoms with Gasteiger partial charge in [-0.2, -0.15) is 4.99 Å². The van der Waals surface area contributed by atoms with Crippen LogP contribution < -0.4 is 4.80 Å². The molecule has 130 valence electrons. The molecule has 0 aliphatic carbocycles. The molecule has 2 aromatic carbocycles. The quantitative estimate of drug-likeness (QED) is 0.631. The van der Waals surface area contributed by atoms with E-state index in [4.69, 9.17) is 0 Å². The summed E-state index contributed by atoms with van der Waals surface area (Å²) >= 11 is 0.877. The Bertz CT molecular complexity index is 1020. The second-order valence-corrected chi connectivity index (χ2v) is 6.29. The molecule has 0 bridgehead atoms. The van der Waals surface area contributed by atoms with Gasteiger partial charge in [-0.1, -0.05) is 24.3 Å². The maximum absolute atomic E-state index is 14.1. The van der Waals surface area contributed by atoms with Crippen molar-refractivity contribution in [1.29, 1.82) is 0 Å². The van der Waals surface area contributed by atoms with Crippen LogP contribution >= 0.6 is 11.3 Å². The number of fused-ring (bicyclic) bond motifs is 1. The molecule has 0 unspecified atom stereocenters. The number of benzene rings is 2. The van der Waals surface area contributed by atoms with Gasteiger partial charge in [0.1, 0.15) is 23.0 Å². The Balaban J connectivity index is 2.24. The van der Waals surface area contributed by atoms with E-state index < -0.39 is 34.7 Å². The molecular weight excluding hydrogens is 356 g/mol. The first-order valence-electron chi connectivity index (χ1n) is 7.43. The summed E-state index contributed by atoms with van der Waals surface area (Å²) in [7, 11) is 0. The van der Waals surface area contributed by atoms with Gasteiger partial charge in [0.15, 0.2) is 10.6 Å². The number of hydrogen-bond acceptors (Lipinski definition) is 2. The molecule has 0 spiro atoms. The van der Waals surface area contributed by atoms with Crippen LogP contribution in [-0.2, 0) is 6.54 Å². The van der Waals surface area contributed by atoms with E-state index in [9.17, 15) is 22.4 Å². The van der Waals surface area contributed by atoms with E-state index in [1.165, 1.54) is 4.57 Å². The van der Waals surface area contributed by atoms with Crippen molar-refractivity contribution in [2.75, 3.05) is 0 Å². The summed E-state index contributed by atoms with van der Waals surface area (Å²) in [6.07, 6.45) is 0.595. The van der Waals surface area contributed by atoms with Crippen LogP contribution in [0, 0.1) is 23.3 Å². The zero-order valence-electron chi connectivity index (χ0n) is 13.0. The van der Waals surface area contributed by atoms with Crippen molar-refractivity contribution < 1.29 is 22.4 Å². The molecule has 0 N–H and O–H groups in total. The molecule has 8 heteroatoms. The first-order valence-corrected chi connectivity index (χ1v) is 8.25. The minimum Gasteiger partial charge on any atom is -0.314 e. The van der Waals surface area contributed by atoms with Gasteiger partial charge in [-0.05, 0) is 24.6 Å². The van der Waals surface area contributed by atoms with Gasteiger partial charge in [0.2, 0.25) is 0 Å². The molecule has 0 fully saturated rings. The second-order valence-electron chi connectivity index (χ2n) is 5.28. The lowest BCUT2D eigenvalue weighted by molar-refractivity contribution is 0.0989. The first kappa shape index (κ1) is 17.3. The van der Waals surface area contributed by atoms with E-state index in [2.05, 4.69) is 4.99 Å². The SMILES string of the molecule is CCCn1c(=NC(=O)c2c(F)cccc2F)sc2cc(F)cc(F)c21. The van der Waals surface area contributed by atoms with Crippen LogP contribution in [0.25, 0.3) is 10.2 Å². The van der Waals surface area contributed by atoms with Crippen LogP contribution in [0.15, 0.2) is 35.3 Å². The summed E-state index contributed by atoms with van der Waals surface area (Å²) in [5.74, 6) is -4.73. The van der Waals surface area contributed by atoms with Crippen molar-refractivity contribution in [3.8, 4) is 0 Å². The van der Waals surface area contributed by atoms with Gasteiger partial charge in [-0.3, -0.25) is 4.79 Å². The third-order valence-corrected chi connectivity index (χ3v) is 4.54. The van der Waals surface area contributed by atoms with Crippen molar-refractivity contribution in [3.05, 3.63) is 64.0 Å². The van der Waals surface area contributed by atoms with Gasteiger partial charge < -0.3 is 4.57 Å². The Hall–Kier alpha value is -2.48. The van der Waals surface area contributed by atoms with E-state index in [1.54, 1.807) is 0 Å². The fraction of sp³-hybridized carbons (Fsp3) is 0.176. The Labute approximate surface area is 143 Å². The Morgan fingerprint density at radius 3 is 2.44 bits per heavy atom. The van der Waals surface area contributed by atoms with Crippen molar-refractivity contribution in [2.45, 2.75) is 19.9 Å². The summed E-state index contributed by atoms with van der Waals surface area (Å²) in [6.45, 7) is 2.15. The predicted molar refractivity (Wildman–Crippen MR) is 86.3 cm³/mol. The van der Waals surface area contributed by atoms with E-state index in [0.29, 0.717) is 13.0 Å². The van der Waals surface area contributed by atoms with Crippen LogP contribution in [0.1, 0.15) is 23.7 Å². The normalized spacial score (nSPS) is 12.1. The summed E-state index contributed by atoms with van der Waals surface area (Å²) in [4.78, 5) is 16.0. The second kappa shape index (κ2) is 6.79. The maximum Gasteiger partial charge on any atom is 0.285 e. The predicted octanol–water partition coefficient (Wildman–Crippen LogP) is 4.41. The third-order valence-electron chi connectivity index (χ3n) is 3.52. The zero-order valence-corrected chi connectivity index (χ0v) is 13.8. The number of rotatable bonds is 3. The average molecular weight is 368 g/mol. The van der Waals surface area contributed by atoms with Gasteiger partial charge in [-0.25, -0.2) is 17.6 Å². The maximum atomic E-state index is 14.1. The highest BCUT2D eigenvalue weighted by Crippen LogP contribution is 2.23. The van der Waals surface area contributed by atoms with Crippen molar-refractivity contribution in [1.82, 2.24) is 4.57 Å². The van der Waals surface area contributed by atoms with Gasteiger partial charge in [0, 0.05) is 12.6 Å². The van der Waals surface area contributed by atoms with Gasteiger partial charge in [0.05, 0.1) is 10.2 Å². The highest BCUT2D eigenvalue weighted by molar-refractivity contribution is 7.16. The number of hydrogen-bond donors (Lipinski definition) is 0. The van der Waals surface area contributed by atoms with E-state index in [1.807, 2.05) is 6.92 Å². The Morgan fingerprint density at radius 1 is 1.12 bits per heavy atom. The van der Waals surface area contributed by atoms with Crippen molar-refractivity contribution >= 4 is 27.5 Å². The topological polar surface area (TPSA) is 34.4 Å². The largest absolute Gasteiger partial charge is 0.314 e. The minimum absolute atomic E-state index is 0.0500. The third kappa shape index (κ3) is 3.21. The molecule has 1 aromatic heterocycles. The van der Waals surface area contributed by atoms with Crippen LogP contribution in [-0.4, -0.2) is 10.5 Å². The molecule has 0 aliphatic rings. The lowest BCUT2D eigenvalue weighted by Gasteiger charge is -2.04. The fourth-order valence-corrected chi connectivity index (χ4v) is 3.58. The fourth-order valence-electron chi connectivity index (χ4n) is 2.49.